The second kappa shape index (κ2) is 3.16. The molecule has 0 atom stereocenters. The van der Waals surface area contributed by atoms with Crippen LogP contribution in [0.1, 0.15) is 0 Å². The lowest BCUT2D eigenvalue weighted by Gasteiger charge is -1.90. The summed E-state index contributed by atoms with van der Waals surface area (Å²) in [6, 6.07) is 9.73. The number of fused-ring (bicyclic) bond motifs is 1. The van der Waals surface area contributed by atoms with E-state index in [4.69, 9.17) is 4.42 Å². The van der Waals surface area contributed by atoms with Gasteiger partial charge >= 0.3 is 0 Å². The van der Waals surface area contributed by atoms with Gasteiger partial charge in [0.05, 0.1) is 0 Å². The van der Waals surface area contributed by atoms with Crippen LogP contribution in [0.2, 0.25) is 0 Å². The van der Waals surface area contributed by atoms with E-state index < -0.39 is 0 Å². The van der Waals surface area contributed by atoms with Crippen molar-refractivity contribution in [2.75, 3.05) is 0 Å². The lowest BCUT2D eigenvalue weighted by Crippen LogP contribution is -1.86. The summed E-state index contributed by atoms with van der Waals surface area (Å²) in [5.41, 5.74) is 0.841. The highest BCUT2D eigenvalue weighted by atomic mass is 16.3. The Hall–Kier alpha value is -2.23. The molecule has 0 saturated heterocycles. The molecular formula is C11H7N3O. The molecule has 1 aromatic carbocycles. The minimum absolute atomic E-state index is 0.557. The zero-order valence-corrected chi connectivity index (χ0v) is 7.79. The van der Waals surface area contributed by atoms with Crippen molar-refractivity contribution in [3.63, 3.8) is 0 Å². The van der Waals surface area contributed by atoms with Crippen LogP contribution in [0.3, 0.4) is 0 Å². The Morgan fingerprint density at radius 3 is 2.60 bits per heavy atom. The molecule has 0 aliphatic carbocycles. The zero-order valence-electron chi connectivity index (χ0n) is 7.79. The molecule has 0 radical (unpaired) electrons. The predicted octanol–water partition coefficient (Wildman–Crippen LogP) is 2.28. The van der Waals surface area contributed by atoms with E-state index in [0.29, 0.717) is 11.6 Å². The Morgan fingerprint density at radius 1 is 1.00 bits per heavy atom. The number of hydrogen-bond acceptors (Lipinski definition) is 4. The maximum atomic E-state index is 5.60. The Labute approximate surface area is 85.6 Å². The monoisotopic (exact) mass is 197 g/mol. The summed E-state index contributed by atoms with van der Waals surface area (Å²) in [5, 5.41) is 1.05. The second-order valence-corrected chi connectivity index (χ2v) is 3.11. The van der Waals surface area contributed by atoms with E-state index in [1.54, 1.807) is 0 Å². The largest absolute Gasteiger partial charge is 0.453 e. The van der Waals surface area contributed by atoms with Gasteiger partial charge in [-0.2, -0.15) is 0 Å². The van der Waals surface area contributed by atoms with Crippen molar-refractivity contribution >= 4 is 11.0 Å². The van der Waals surface area contributed by atoms with E-state index in [-0.39, 0.29) is 0 Å². The van der Waals surface area contributed by atoms with Gasteiger partial charge in [0.25, 0.3) is 0 Å². The van der Waals surface area contributed by atoms with E-state index in [0.717, 1.165) is 11.0 Å². The standard InChI is InChI=1S/C11H7N3O/c1-2-4-9-8(3-1)5-10(15-9)11-13-6-12-7-14-11/h1-7H. The molecule has 2 heterocycles. The highest BCUT2D eigenvalue weighted by Gasteiger charge is 2.06. The molecule has 0 bridgehead atoms. The van der Waals surface area contributed by atoms with Crippen LogP contribution in [0.4, 0.5) is 0 Å². The SMILES string of the molecule is c1ccc2oc(-c3ncncn3)cc2c1. The molecule has 0 aliphatic heterocycles. The molecule has 0 N–H and O–H groups in total. The van der Waals surface area contributed by atoms with Crippen LogP contribution in [0, 0.1) is 0 Å². The van der Waals surface area contributed by atoms with Crippen LogP contribution < -0.4 is 0 Å². The highest BCUT2D eigenvalue weighted by molar-refractivity contribution is 5.81. The fourth-order valence-corrected chi connectivity index (χ4v) is 1.46. The van der Waals surface area contributed by atoms with Crippen LogP contribution in [0.15, 0.2) is 47.4 Å². The summed E-state index contributed by atoms with van der Waals surface area (Å²) in [6.45, 7) is 0. The van der Waals surface area contributed by atoms with Crippen molar-refractivity contribution in [3.8, 4) is 11.6 Å². The average Bonchev–Trinajstić information content (AvgIpc) is 2.74. The number of para-hydroxylation sites is 1. The number of benzene rings is 1. The topological polar surface area (TPSA) is 51.8 Å². The summed E-state index contributed by atoms with van der Waals surface area (Å²) in [6.07, 6.45) is 2.91. The van der Waals surface area contributed by atoms with Gasteiger partial charge in [-0.05, 0) is 12.1 Å². The highest BCUT2D eigenvalue weighted by Crippen LogP contribution is 2.24. The maximum Gasteiger partial charge on any atom is 0.198 e. The normalized spacial score (nSPS) is 10.7. The van der Waals surface area contributed by atoms with Crippen molar-refractivity contribution in [2.24, 2.45) is 0 Å². The van der Waals surface area contributed by atoms with Crippen LogP contribution in [-0.4, -0.2) is 15.0 Å². The van der Waals surface area contributed by atoms with Crippen LogP contribution in [-0.2, 0) is 0 Å². The maximum absolute atomic E-state index is 5.60. The molecule has 72 valence electrons. The van der Waals surface area contributed by atoms with Gasteiger partial charge in [0.15, 0.2) is 11.6 Å². The van der Waals surface area contributed by atoms with Gasteiger partial charge in [-0.3, -0.25) is 0 Å². The Kier molecular flexibility index (Phi) is 1.71. The number of hydrogen-bond donors (Lipinski definition) is 0. The first-order chi connectivity index (χ1) is 7.43. The lowest BCUT2D eigenvalue weighted by atomic mass is 10.2. The summed E-state index contributed by atoms with van der Waals surface area (Å²) in [5.74, 6) is 1.22. The van der Waals surface area contributed by atoms with E-state index in [2.05, 4.69) is 15.0 Å². The van der Waals surface area contributed by atoms with Crippen molar-refractivity contribution in [2.45, 2.75) is 0 Å². The molecule has 0 fully saturated rings. The summed E-state index contributed by atoms with van der Waals surface area (Å²) in [7, 11) is 0. The summed E-state index contributed by atoms with van der Waals surface area (Å²) in [4.78, 5) is 11.8. The Morgan fingerprint density at radius 2 is 1.80 bits per heavy atom. The first-order valence-electron chi connectivity index (χ1n) is 4.54. The van der Waals surface area contributed by atoms with Crippen molar-refractivity contribution in [1.29, 1.82) is 0 Å². The average molecular weight is 197 g/mol. The number of furan rings is 1. The molecule has 15 heavy (non-hydrogen) atoms. The second-order valence-electron chi connectivity index (χ2n) is 3.11. The molecular weight excluding hydrogens is 190 g/mol. The predicted molar refractivity (Wildman–Crippen MR) is 55.0 cm³/mol. The van der Waals surface area contributed by atoms with Gasteiger partial charge in [0.2, 0.25) is 0 Å². The van der Waals surface area contributed by atoms with Gasteiger partial charge in [-0.25, -0.2) is 15.0 Å². The van der Waals surface area contributed by atoms with E-state index in [9.17, 15) is 0 Å². The first kappa shape index (κ1) is 8.11. The fraction of sp³-hybridized carbons (Fsp3) is 0. The number of nitrogens with zero attached hydrogens (tertiary/aromatic N) is 3. The van der Waals surface area contributed by atoms with Crippen LogP contribution in [0.5, 0.6) is 0 Å². The molecule has 3 rings (SSSR count). The van der Waals surface area contributed by atoms with Gasteiger partial charge in [-0.15, -0.1) is 0 Å². The third-order valence-electron chi connectivity index (χ3n) is 2.14. The lowest BCUT2D eigenvalue weighted by molar-refractivity contribution is 0.624. The molecule has 0 amide bonds. The van der Waals surface area contributed by atoms with Crippen molar-refractivity contribution in [1.82, 2.24) is 15.0 Å². The minimum Gasteiger partial charge on any atom is -0.453 e. The molecule has 0 saturated carbocycles. The van der Waals surface area contributed by atoms with Crippen molar-refractivity contribution in [3.05, 3.63) is 43.0 Å². The van der Waals surface area contributed by atoms with Crippen LogP contribution in [0.25, 0.3) is 22.6 Å². The number of aromatic nitrogens is 3. The van der Waals surface area contributed by atoms with Gasteiger partial charge in [-0.1, -0.05) is 18.2 Å². The van der Waals surface area contributed by atoms with Crippen LogP contribution >= 0.6 is 0 Å². The summed E-state index contributed by atoms with van der Waals surface area (Å²) >= 11 is 0. The third kappa shape index (κ3) is 1.36. The Balaban J connectivity index is 2.21. The molecule has 0 spiro atoms. The van der Waals surface area contributed by atoms with E-state index in [1.165, 1.54) is 12.7 Å². The molecule has 4 heteroatoms. The van der Waals surface area contributed by atoms with Crippen molar-refractivity contribution < 1.29 is 4.42 Å². The smallest absolute Gasteiger partial charge is 0.198 e. The quantitative estimate of drug-likeness (QED) is 0.600. The van der Waals surface area contributed by atoms with Gasteiger partial charge in [0.1, 0.15) is 18.2 Å². The molecule has 3 aromatic rings. The fourth-order valence-electron chi connectivity index (χ4n) is 1.46. The van der Waals surface area contributed by atoms with Gasteiger partial charge in [0, 0.05) is 5.39 Å². The summed E-state index contributed by atoms with van der Waals surface area (Å²) < 4.78 is 5.60. The molecule has 0 unspecified atom stereocenters. The Bertz CT molecular complexity index is 556. The van der Waals surface area contributed by atoms with E-state index in [1.807, 2.05) is 30.3 Å². The van der Waals surface area contributed by atoms with E-state index >= 15 is 0 Å². The minimum atomic E-state index is 0.557. The number of rotatable bonds is 1. The third-order valence-corrected chi connectivity index (χ3v) is 2.14. The van der Waals surface area contributed by atoms with Gasteiger partial charge < -0.3 is 4.42 Å². The first-order valence-corrected chi connectivity index (χ1v) is 4.54. The molecule has 0 aliphatic rings. The molecule has 2 aromatic heterocycles. The zero-order chi connectivity index (χ0) is 10.1. The molecule has 4 nitrogen and oxygen atoms in total.